The number of nitrogens with zero attached hydrogens (tertiary/aromatic N) is 3. The summed E-state index contributed by atoms with van der Waals surface area (Å²) in [6.45, 7) is 1.86. The number of anilines is 1. The number of aromatic nitrogens is 2. The number of allylic oxidation sites excluding steroid dienone is 4. The molecule has 120 valence electrons. The predicted molar refractivity (Wildman–Crippen MR) is 91.6 cm³/mol. The van der Waals surface area contributed by atoms with Crippen molar-refractivity contribution in [3.8, 4) is 11.6 Å². The molecule has 3 heterocycles. The summed E-state index contributed by atoms with van der Waals surface area (Å²) >= 11 is 0. The lowest BCUT2D eigenvalue weighted by atomic mass is 10.3. The Morgan fingerprint density at radius 2 is 1.88 bits per heavy atom. The van der Waals surface area contributed by atoms with E-state index in [2.05, 4.69) is 15.3 Å². The molecule has 1 aliphatic rings. The Morgan fingerprint density at radius 1 is 1.08 bits per heavy atom. The van der Waals surface area contributed by atoms with Gasteiger partial charge in [0.1, 0.15) is 0 Å². The first-order valence-corrected chi connectivity index (χ1v) is 7.39. The molecular formula is C18H16N4O2. The number of amides is 2. The third kappa shape index (κ3) is 3.86. The van der Waals surface area contributed by atoms with Gasteiger partial charge in [0.15, 0.2) is 5.75 Å². The van der Waals surface area contributed by atoms with E-state index in [1.165, 1.54) is 4.90 Å². The van der Waals surface area contributed by atoms with Gasteiger partial charge in [-0.05, 0) is 37.3 Å². The second kappa shape index (κ2) is 7.23. The van der Waals surface area contributed by atoms with E-state index >= 15 is 0 Å². The highest BCUT2D eigenvalue weighted by Crippen LogP contribution is 2.22. The first-order valence-electron chi connectivity index (χ1n) is 7.39. The summed E-state index contributed by atoms with van der Waals surface area (Å²) in [5.41, 5.74) is 1.36. The van der Waals surface area contributed by atoms with Gasteiger partial charge in [-0.15, -0.1) is 0 Å². The Hall–Kier alpha value is -3.41. The maximum absolute atomic E-state index is 12.2. The lowest BCUT2D eigenvalue weighted by molar-refractivity contribution is 0.239. The lowest BCUT2D eigenvalue weighted by Crippen LogP contribution is -2.25. The fraction of sp³-hybridized carbons (Fsp3) is 0.0556. The van der Waals surface area contributed by atoms with E-state index in [0.29, 0.717) is 17.3 Å². The molecule has 6 nitrogen and oxygen atoms in total. The molecule has 0 spiro atoms. The van der Waals surface area contributed by atoms with Gasteiger partial charge in [-0.25, -0.2) is 9.78 Å². The predicted octanol–water partition coefficient (Wildman–Crippen LogP) is 4.01. The van der Waals surface area contributed by atoms with Crippen LogP contribution in [0.4, 0.5) is 10.5 Å². The van der Waals surface area contributed by atoms with Gasteiger partial charge in [0.05, 0.1) is 17.6 Å². The maximum atomic E-state index is 12.2. The van der Waals surface area contributed by atoms with Crippen LogP contribution in [0.2, 0.25) is 0 Å². The zero-order valence-corrected chi connectivity index (χ0v) is 13.1. The molecule has 0 saturated carbocycles. The van der Waals surface area contributed by atoms with Crippen LogP contribution >= 0.6 is 0 Å². The van der Waals surface area contributed by atoms with Crippen LogP contribution in [0.5, 0.6) is 11.6 Å². The molecule has 1 aliphatic heterocycles. The average molecular weight is 320 g/mol. The Balaban J connectivity index is 1.64. The Kier molecular flexibility index (Phi) is 4.67. The Bertz CT molecular complexity index is 794. The molecule has 0 atom stereocenters. The number of carbonyl (C=O) groups excluding carboxylic acids is 1. The number of ether oxygens (including phenoxy) is 1. The van der Waals surface area contributed by atoms with Gasteiger partial charge in [0.2, 0.25) is 5.88 Å². The monoisotopic (exact) mass is 320 g/mol. The number of hydrogen-bond acceptors (Lipinski definition) is 4. The van der Waals surface area contributed by atoms with Crippen LogP contribution in [0.1, 0.15) is 5.69 Å². The van der Waals surface area contributed by atoms with E-state index in [-0.39, 0.29) is 6.03 Å². The summed E-state index contributed by atoms with van der Waals surface area (Å²) in [5, 5.41) is 2.77. The molecule has 0 aromatic carbocycles. The molecular weight excluding hydrogens is 304 g/mol. The van der Waals surface area contributed by atoms with Crippen molar-refractivity contribution in [3.63, 3.8) is 0 Å². The Labute approximate surface area is 139 Å². The fourth-order valence-electron chi connectivity index (χ4n) is 1.99. The highest BCUT2D eigenvalue weighted by molar-refractivity contribution is 5.90. The third-order valence-electron chi connectivity index (χ3n) is 3.22. The molecule has 0 fully saturated rings. The number of nitrogens with one attached hydrogen (secondary N) is 1. The summed E-state index contributed by atoms with van der Waals surface area (Å²) in [6.07, 6.45) is 13.8. The standard InChI is InChI=1S/C18H16N4O2/c1-14-16(7-6-10-19-14)24-17-9-8-15(13-20-17)21-18(23)22-11-4-2-3-5-12-22/h2-13H,1H3,(H,21,23). The van der Waals surface area contributed by atoms with Crippen LogP contribution < -0.4 is 10.1 Å². The Morgan fingerprint density at radius 3 is 2.54 bits per heavy atom. The zero-order valence-electron chi connectivity index (χ0n) is 13.1. The van der Waals surface area contributed by atoms with Crippen molar-refractivity contribution < 1.29 is 9.53 Å². The van der Waals surface area contributed by atoms with Gasteiger partial charge >= 0.3 is 6.03 Å². The van der Waals surface area contributed by atoms with Gasteiger partial charge in [-0.1, -0.05) is 12.2 Å². The van der Waals surface area contributed by atoms with Crippen molar-refractivity contribution in [1.29, 1.82) is 0 Å². The first-order chi connectivity index (χ1) is 11.7. The number of hydrogen-bond donors (Lipinski definition) is 1. The van der Waals surface area contributed by atoms with E-state index in [0.717, 1.165) is 5.69 Å². The summed E-state index contributed by atoms with van der Waals surface area (Å²) in [4.78, 5) is 22.0. The molecule has 0 aliphatic carbocycles. The molecule has 0 saturated heterocycles. The number of aryl methyl sites for hydroxylation is 1. The van der Waals surface area contributed by atoms with Gasteiger partial charge in [-0.3, -0.25) is 9.88 Å². The highest BCUT2D eigenvalue weighted by atomic mass is 16.5. The minimum atomic E-state index is -0.273. The number of pyridine rings is 2. The third-order valence-corrected chi connectivity index (χ3v) is 3.22. The van der Waals surface area contributed by atoms with Crippen LogP contribution in [0, 0.1) is 6.92 Å². The van der Waals surface area contributed by atoms with E-state index in [4.69, 9.17) is 4.74 Å². The second-order valence-electron chi connectivity index (χ2n) is 4.98. The van der Waals surface area contributed by atoms with E-state index in [1.807, 2.05) is 25.1 Å². The van der Waals surface area contributed by atoms with Crippen molar-refractivity contribution in [2.45, 2.75) is 6.92 Å². The summed E-state index contributed by atoms with van der Waals surface area (Å²) < 4.78 is 5.67. The first kappa shape index (κ1) is 15.5. The van der Waals surface area contributed by atoms with Crippen molar-refractivity contribution in [2.75, 3.05) is 5.32 Å². The molecule has 2 aromatic rings. The van der Waals surface area contributed by atoms with Crippen molar-refractivity contribution in [3.05, 3.63) is 79.1 Å². The van der Waals surface area contributed by atoms with Crippen LogP contribution in [0.3, 0.4) is 0 Å². The normalized spacial score (nSPS) is 12.8. The molecule has 0 unspecified atom stereocenters. The molecule has 0 bridgehead atoms. The zero-order chi connectivity index (χ0) is 16.8. The largest absolute Gasteiger partial charge is 0.437 e. The molecule has 2 amide bonds. The van der Waals surface area contributed by atoms with Crippen LogP contribution in [-0.4, -0.2) is 20.9 Å². The van der Waals surface area contributed by atoms with Gasteiger partial charge < -0.3 is 10.1 Å². The summed E-state index contributed by atoms with van der Waals surface area (Å²) in [5.74, 6) is 1.08. The second-order valence-corrected chi connectivity index (χ2v) is 4.98. The smallest absolute Gasteiger partial charge is 0.329 e. The van der Waals surface area contributed by atoms with Crippen molar-refractivity contribution in [1.82, 2.24) is 14.9 Å². The number of urea groups is 1. The minimum Gasteiger partial charge on any atom is -0.437 e. The SMILES string of the molecule is Cc1ncccc1Oc1ccc(NC(=O)N2C=CC=CC=C2)cn1. The number of carbonyl (C=O) groups is 1. The molecule has 3 rings (SSSR count). The molecule has 2 aromatic heterocycles. The van der Waals surface area contributed by atoms with Crippen LogP contribution in [0.25, 0.3) is 0 Å². The quantitative estimate of drug-likeness (QED) is 0.928. The van der Waals surface area contributed by atoms with Crippen molar-refractivity contribution >= 4 is 11.7 Å². The topological polar surface area (TPSA) is 67.3 Å². The van der Waals surface area contributed by atoms with Crippen LogP contribution in [-0.2, 0) is 0 Å². The lowest BCUT2D eigenvalue weighted by Gasteiger charge is -2.14. The average Bonchev–Trinajstić information content (AvgIpc) is 2.88. The fourth-order valence-corrected chi connectivity index (χ4v) is 1.99. The minimum absolute atomic E-state index is 0.273. The summed E-state index contributed by atoms with van der Waals surface area (Å²) in [6, 6.07) is 6.78. The summed E-state index contributed by atoms with van der Waals surface area (Å²) in [7, 11) is 0. The van der Waals surface area contributed by atoms with E-state index < -0.39 is 0 Å². The van der Waals surface area contributed by atoms with Gasteiger partial charge in [0, 0.05) is 24.7 Å². The highest BCUT2D eigenvalue weighted by Gasteiger charge is 2.09. The molecule has 24 heavy (non-hydrogen) atoms. The van der Waals surface area contributed by atoms with Crippen LogP contribution in [0.15, 0.2) is 73.4 Å². The van der Waals surface area contributed by atoms with Gasteiger partial charge in [-0.2, -0.15) is 0 Å². The van der Waals surface area contributed by atoms with Crippen molar-refractivity contribution in [2.24, 2.45) is 0 Å². The molecule has 0 radical (unpaired) electrons. The van der Waals surface area contributed by atoms with E-state index in [9.17, 15) is 4.79 Å². The number of rotatable bonds is 3. The van der Waals surface area contributed by atoms with E-state index in [1.54, 1.807) is 55.1 Å². The van der Waals surface area contributed by atoms with Gasteiger partial charge in [0.25, 0.3) is 0 Å². The molecule has 6 heteroatoms. The molecule has 1 N–H and O–H groups in total. The maximum Gasteiger partial charge on any atom is 0.329 e.